The summed E-state index contributed by atoms with van der Waals surface area (Å²) in [4.78, 5) is 8.16. The number of nitrogens with zero attached hydrogens (tertiary/aromatic N) is 2. The monoisotopic (exact) mass is 218 g/mol. The Balaban J connectivity index is 2.88. The van der Waals surface area contributed by atoms with Crippen molar-refractivity contribution in [3.8, 4) is 0 Å². The highest BCUT2D eigenvalue weighted by atomic mass is 35.5. The van der Waals surface area contributed by atoms with Crippen molar-refractivity contribution in [2.45, 2.75) is 6.92 Å². The summed E-state index contributed by atoms with van der Waals surface area (Å²) in [6.07, 6.45) is 0. The van der Waals surface area contributed by atoms with Crippen molar-refractivity contribution in [1.82, 2.24) is 9.97 Å². The molecule has 0 aromatic carbocycles. The molecule has 62 valence electrons. The zero-order valence-electron chi connectivity index (χ0n) is 6.14. The maximum absolute atomic E-state index is 5.85. The highest BCUT2D eigenvalue weighted by Gasteiger charge is 2.06. The van der Waals surface area contributed by atoms with Gasteiger partial charge in [-0.15, -0.1) is 11.3 Å². The maximum atomic E-state index is 5.85. The van der Waals surface area contributed by atoms with Crippen LogP contribution in [-0.4, -0.2) is 9.97 Å². The summed E-state index contributed by atoms with van der Waals surface area (Å²) in [6.45, 7) is 1.93. The van der Waals surface area contributed by atoms with Gasteiger partial charge in [0.15, 0.2) is 0 Å². The standard InChI is InChI=1S/C7H4Cl2N2S/c1-3-10-4-2-5(8)11-7(9)6(4)12-3/h2H,1H3. The van der Waals surface area contributed by atoms with Crippen molar-refractivity contribution in [2.24, 2.45) is 0 Å². The highest BCUT2D eigenvalue weighted by molar-refractivity contribution is 7.19. The summed E-state index contributed by atoms with van der Waals surface area (Å²) in [5, 5.41) is 1.79. The van der Waals surface area contributed by atoms with E-state index >= 15 is 0 Å². The second-order valence-electron chi connectivity index (χ2n) is 2.32. The molecule has 0 radical (unpaired) electrons. The summed E-state index contributed by atoms with van der Waals surface area (Å²) >= 11 is 13.1. The lowest BCUT2D eigenvalue weighted by atomic mass is 10.4. The van der Waals surface area contributed by atoms with Crippen LogP contribution in [0.4, 0.5) is 0 Å². The van der Waals surface area contributed by atoms with Gasteiger partial charge < -0.3 is 0 Å². The fourth-order valence-corrected chi connectivity index (χ4v) is 2.29. The van der Waals surface area contributed by atoms with Gasteiger partial charge in [-0.25, -0.2) is 9.97 Å². The minimum absolute atomic E-state index is 0.387. The zero-order valence-corrected chi connectivity index (χ0v) is 8.46. The van der Waals surface area contributed by atoms with E-state index < -0.39 is 0 Å². The van der Waals surface area contributed by atoms with E-state index in [9.17, 15) is 0 Å². The van der Waals surface area contributed by atoms with E-state index in [2.05, 4.69) is 9.97 Å². The van der Waals surface area contributed by atoms with Crippen molar-refractivity contribution in [3.05, 3.63) is 21.4 Å². The molecule has 2 nitrogen and oxygen atoms in total. The number of pyridine rings is 1. The zero-order chi connectivity index (χ0) is 8.72. The van der Waals surface area contributed by atoms with Crippen LogP contribution in [0.5, 0.6) is 0 Å². The Morgan fingerprint density at radius 1 is 1.33 bits per heavy atom. The van der Waals surface area contributed by atoms with Gasteiger partial charge in [-0.3, -0.25) is 0 Å². The Hall–Kier alpha value is -0.380. The molecule has 12 heavy (non-hydrogen) atoms. The van der Waals surface area contributed by atoms with E-state index in [-0.39, 0.29) is 0 Å². The molecule has 2 aromatic rings. The summed E-state index contributed by atoms with van der Waals surface area (Å²) in [5.41, 5.74) is 0.822. The summed E-state index contributed by atoms with van der Waals surface area (Å²) in [5.74, 6) is 0. The van der Waals surface area contributed by atoms with Crippen LogP contribution in [0.1, 0.15) is 5.01 Å². The van der Waals surface area contributed by atoms with Crippen LogP contribution in [0.25, 0.3) is 10.2 Å². The highest BCUT2D eigenvalue weighted by Crippen LogP contribution is 2.29. The third kappa shape index (κ3) is 1.28. The van der Waals surface area contributed by atoms with E-state index in [1.165, 1.54) is 11.3 Å². The fraction of sp³-hybridized carbons (Fsp3) is 0.143. The van der Waals surface area contributed by atoms with Crippen molar-refractivity contribution in [1.29, 1.82) is 0 Å². The van der Waals surface area contributed by atoms with Crippen molar-refractivity contribution >= 4 is 44.8 Å². The van der Waals surface area contributed by atoms with Gasteiger partial charge in [0, 0.05) is 6.07 Å². The summed E-state index contributed by atoms with van der Waals surface area (Å²) in [7, 11) is 0. The SMILES string of the molecule is Cc1nc2cc(Cl)nc(Cl)c2s1. The number of hydrogen-bond donors (Lipinski definition) is 0. The second kappa shape index (κ2) is 2.83. The molecule has 0 saturated carbocycles. The topological polar surface area (TPSA) is 25.8 Å². The van der Waals surface area contributed by atoms with Crippen LogP contribution in [0.2, 0.25) is 10.3 Å². The van der Waals surface area contributed by atoms with Gasteiger partial charge in [0.25, 0.3) is 0 Å². The molecule has 2 heterocycles. The minimum Gasteiger partial charge on any atom is -0.241 e. The normalized spacial score (nSPS) is 10.9. The van der Waals surface area contributed by atoms with E-state index in [0.29, 0.717) is 10.3 Å². The first-order valence-corrected chi connectivity index (χ1v) is 4.83. The maximum Gasteiger partial charge on any atom is 0.150 e. The quantitative estimate of drug-likeness (QED) is 0.635. The molecule has 0 saturated heterocycles. The van der Waals surface area contributed by atoms with Crippen molar-refractivity contribution in [3.63, 3.8) is 0 Å². The summed E-state index contributed by atoms with van der Waals surface area (Å²) < 4.78 is 0.901. The lowest BCUT2D eigenvalue weighted by molar-refractivity contribution is 1.32. The van der Waals surface area contributed by atoms with Crippen LogP contribution >= 0.6 is 34.5 Å². The Kier molecular flexibility index (Phi) is 1.94. The number of aromatic nitrogens is 2. The number of halogens is 2. The van der Waals surface area contributed by atoms with Crippen molar-refractivity contribution < 1.29 is 0 Å². The molecule has 5 heteroatoms. The molecular weight excluding hydrogens is 215 g/mol. The molecule has 2 rings (SSSR count). The molecule has 2 aromatic heterocycles. The van der Waals surface area contributed by atoms with Crippen LogP contribution in [0, 0.1) is 6.92 Å². The number of rotatable bonds is 0. The van der Waals surface area contributed by atoms with Gasteiger partial charge in [-0.1, -0.05) is 23.2 Å². The van der Waals surface area contributed by atoms with Gasteiger partial charge in [-0.2, -0.15) is 0 Å². The molecule has 0 amide bonds. The van der Waals surface area contributed by atoms with E-state index in [0.717, 1.165) is 15.2 Å². The van der Waals surface area contributed by atoms with Crippen LogP contribution in [0.15, 0.2) is 6.07 Å². The molecule has 0 atom stereocenters. The lowest BCUT2D eigenvalue weighted by Gasteiger charge is -1.91. The first kappa shape index (κ1) is 8.23. The molecule has 0 bridgehead atoms. The lowest BCUT2D eigenvalue weighted by Crippen LogP contribution is -1.76. The predicted octanol–water partition coefficient (Wildman–Crippen LogP) is 3.31. The van der Waals surface area contributed by atoms with Gasteiger partial charge in [-0.05, 0) is 6.92 Å². The van der Waals surface area contributed by atoms with Crippen LogP contribution < -0.4 is 0 Å². The molecule has 0 aliphatic rings. The van der Waals surface area contributed by atoms with Crippen molar-refractivity contribution in [2.75, 3.05) is 0 Å². The van der Waals surface area contributed by atoms with E-state index in [1.807, 2.05) is 6.92 Å². The number of aryl methyl sites for hydroxylation is 1. The fourth-order valence-electron chi connectivity index (χ4n) is 0.978. The molecule has 0 aliphatic heterocycles. The Morgan fingerprint density at radius 2 is 2.08 bits per heavy atom. The van der Waals surface area contributed by atoms with Crippen LogP contribution in [0.3, 0.4) is 0 Å². The van der Waals surface area contributed by atoms with Crippen LogP contribution in [-0.2, 0) is 0 Å². The Bertz CT molecular complexity index is 438. The molecule has 0 aliphatic carbocycles. The minimum atomic E-state index is 0.387. The van der Waals surface area contributed by atoms with Gasteiger partial charge in [0.1, 0.15) is 10.3 Å². The molecule has 0 fully saturated rings. The van der Waals surface area contributed by atoms with E-state index in [4.69, 9.17) is 23.2 Å². The van der Waals surface area contributed by atoms with Gasteiger partial charge >= 0.3 is 0 Å². The third-order valence-corrected chi connectivity index (χ3v) is 2.98. The molecule has 0 unspecified atom stereocenters. The average Bonchev–Trinajstić information content (AvgIpc) is 2.29. The largest absolute Gasteiger partial charge is 0.241 e. The third-order valence-electron chi connectivity index (χ3n) is 1.41. The average molecular weight is 219 g/mol. The number of fused-ring (bicyclic) bond motifs is 1. The Morgan fingerprint density at radius 3 is 2.83 bits per heavy atom. The number of thiazole rings is 1. The predicted molar refractivity (Wildman–Crippen MR) is 52.2 cm³/mol. The summed E-state index contributed by atoms with van der Waals surface area (Å²) in [6, 6.07) is 1.71. The first-order chi connectivity index (χ1) is 5.66. The molecule has 0 spiro atoms. The smallest absolute Gasteiger partial charge is 0.150 e. The first-order valence-electron chi connectivity index (χ1n) is 3.26. The molecule has 0 N–H and O–H groups in total. The van der Waals surface area contributed by atoms with Gasteiger partial charge in [0.05, 0.1) is 15.2 Å². The van der Waals surface area contributed by atoms with E-state index in [1.54, 1.807) is 6.07 Å². The van der Waals surface area contributed by atoms with Gasteiger partial charge in [0.2, 0.25) is 0 Å². The Labute approximate surface area is 83.2 Å². The second-order valence-corrected chi connectivity index (χ2v) is 4.27. The number of hydrogen-bond acceptors (Lipinski definition) is 3. The molecular formula is C7H4Cl2N2S.